The Hall–Kier alpha value is -2.27. The molecule has 0 N–H and O–H groups in total. The number of benzene rings is 1. The number of carbonyl (C=O) groups excluding carboxylic acids is 1. The van der Waals surface area contributed by atoms with Crippen molar-refractivity contribution in [2.24, 2.45) is 7.05 Å². The second kappa shape index (κ2) is 5.38. The molecule has 20 heavy (non-hydrogen) atoms. The standard InChI is InChI=1S/C15H13N3OS/c1-18-13(7-8-16-18)14(19)9-15-17-12(10-20-15)11-5-3-2-4-6-11/h2-8,10H,9H2,1H3. The second-order valence-electron chi connectivity index (χ2n) is 4.43. The van der Waals surface area contributed by atoms with Gasteiger partial charge < -0.3 is 0 Å². The highest BCUT2D eigenvalue weighted by molar-refractivity contribution is 7.10. The number of hydrogen-bond acceptors (Lipinski definition) is 4. The predicted molar refractivity (Wildman–Crippen MR) is 78.8 cm³/mol. The molecular formula is C15H13N3OS. The fraction of sp³-hybridized carbons (Fsp3) is 0.133. The number of rotatable bonds is 4. The third-order valence-corrected chi connectivity index (χ3v) is 3.89. The molecule has 4 nitrogen and oxygen atoms in total. The van der Waals surface area contributed by atoms with Crippen molar-refractivity contribution in [2.75, 3.05) is 0 Å². The van der Waals surface area contributed by atoms with Crippen molar-refractivity contribution < 1.29 is 4.79 Å². The number of ketones is 1. The van der Waals surface area contributed by atoms with E-state index in [1.807, 2.05) is 35.7 Å². The molecular weight excluding hydrogens is 270 g/mol. The molecule has 0 atom stereocenters. The van der Waals surface area contributed by atoms with Gasteiger partial charge in [-0.2, -0.15) is 5.10 Å². The number of nitrogens with zero attached hydrogens (tertiary/aromatic N) is 3. The first-order valence-corrected chi connectivity index (χ1v) is 7.13. The second-order valence-corrected chi connectivity index (χ2v) is 5.38. The molecule has 2 heterocycles. The first-order valence-electron chi connectivity index (χ1n) is 6.25. The molecule has 5 heteroatoms. The molecule has 2 aromatic heterocycles. The third-order valence-electron chi connectivity index (χ3n) is 3.04. The zero-order chi connectivity index (χ0) is 13.9. The van der Waals surface area contributed by atoms with Crippen molar-refractivity contribution in [3.63, 3.8) is 0 Å². The average Bonchev–Trinajstić information content (AvgIpc) is 3.09. The molecule has 0 radical (unpaired) electrons. The molecule has 0 spiro atoms. The van der Waals surface area contributed by atoms with E-state index < -0.39 is 0 Å². The van der Waals surface area contributed by atoms with Gasteiger partial charge in [0.05, 0.1) is 12.1 Å². The predicted octanol–water partition coefficient (Wildman–Crippen LogP) is 2.97. The first kappa shape index (κ1) is 12.7. The van der Waals surface area contributed by atoms with Gasteiger partial charge in [-0.05, 0) is 6.07 Å². The Kier molecular flexibility index (Phi) is 3.43. The summed E-state index contributed by atoms with van der Waals surface area (Å²) in [5, 5.41) is 6.83. The van der Waals surface area contributed by atoms with E-state index in [2.05, 4.69) is 10.1 Å². The summed E-state index contributed by atoms with van der Waals surface area (Å²) in [6.07, 6.45) is 1.95. The lowest BCUT2D eigenvalue weighted by Gasteiger charge is -1.99. The van der Waals surface area contributed by atoms with E-state index in [1.54, 1.807) is 24.0 Å². The van der Waals surface area contributed by atoms with Gasteiger partial charge in [0.2, 0.25) is 0 Å². The van der Waals surface area contributed by atoms with E-state index in [9.17, 15) is 4.79 Å². The van der Waals surface area contributed by atoms with Crippen molar-refractivity contribution in [3.8, 4) is 11.3 Å². The Balaban J connectivity index is 1.78. The summed E-state index contributed by atoms with van der Waals surface area (Å²) in [4.78, 5) is 16.7. The van der Waals surface area contributed by atoms with E-state index >= 15 is 0 Å². The van der Waals surface area contributed by atoms with Crippen LogP contribution in [-0.4, -0.2) is 20.5 Å². The van der Waals surface area contributed by atoms with Crippen LogP contribution >= 0.6 is 11.3 Å². The molecule has 0 saturated heterocycles. The van der Waals surface area contributed by atoms with Crippen LogP contribution in [0.2, 0.25) is 0 Å². The number of thiazole rings is 1. The van der Waals surface area contributed by atoms with E-state index in [-0.39, 0.29) is 5.78 Å². The SMILES string of the molecule is Cn1nccc1C(=O)Cc1nc(-c2ccccc2)cs1. The number of Topliss-reactive ketones (excluding diaryl/α,β-unsaturated/α-hetero) is 1. The van der Waals surface area contributed by atoms with Gasteiger partial charge in [0.1, 0.15) is 10.7 Å². The Labute approximate surface area is 120 Å². The van der Waals surface area contributed by atoms with Crippen LogP contribution < -0.4 is 0 Å². The summed E-state index contributed by atoms with van der Waals surface area (Å²) in [6, 6.07) is 11.7. The van der Waals surface area contributed by atoms with Crippen LogP contribution in [0.3, 0.4) is 0 Å². The van der Waals surface area contributed by atoms with E-state index in [0.29, 0.717) is 12.1 Å². The number of carbonyl (C=O) groups is 1. The maximum atomic E-state index is 12.1. The zero-order valence-electron chi connectivity index (χ0n) is 11.0. The van der Waals surface area contributed by atoms with Crippen LogP contribution in [0.1, 0.15) is 15.5 Å². The Morgan fingerprint density at radius 2 is 2.05 bits per heavy atom. The smallest absolute Gasteiger partial charge is 0.187 e. The molecule has 0 aliphatic heterocycles. The molecule has 0 amide bonds. The summed E-state index contributed by atoms with van der Waals surface area (Å²) >= 11 is 1.51. The van der Waals surface area contributed by atoms with Gasteiger partial charge in [-0.3, -0.25) is 9.48 Å². The van der Waals surface area contributed by atoms with Gasteiger partial charge in [0.15, 0.2) is 5.78 Å². The molecule has 3 aromatic rings. The van der Waals surface area contributed by atoms with Crippen molar-refractivity contribution in [1.82, 2.24) is 14.8 Å². The fourth-order valence-corrected chi connectivity index (χ4v) is 2.81. The van der Waals surface area contributed by atoms with Gasteiger partial charge in [0.25, 0.3) is 0 Å². The number of aromatic nitrogens is 3. The molecule has 3 rings (SSSR count). The Bertz CT molecular complexity index is 730. The minimum atomic E-state index is 0.0407. The number of hydrogen-bond donors (Lipinski definition) is 0. The highest BCUT2D eigenvalue weighted by Crippen LogP contribution is 2.22. The van der Waals surface area contributed by atoms with Crippen LogP contribution in [0.25, 0.3) is 11.3 Å². The molecule has 0 unspecified atom stereocenters. The minimum absolute atomic E-state index is 0.0407. The van der Waals surface area contributed by atoms with Crippen molar-refractivity contribution in [3.05, 3.63) is 58.7 Å². The lowest BCUT2D eigenvalue weighted by Crippen LogP contribution is -2.09. The fourth-order valence-electron chi connectivity index (χ4n) is 2.01. The maximum absolute atomic E-state index is 12.1. The van der Waals surface area contributed by atoms with Crippen LogP contribution in [0.5, 0.6) is 0 Å². The summed E-state index contributed by atoms with van der Waals surface area (Å²) < 4.78 is 1.59. The summed E-state index contributed by atoms with van der Waals surface area (Å²) in [5.41, 5.74) is 2.60. The van der Waals surface area contributed by atoms with Gasteiger partial charge in [0, 0.05) is 24.2 Å². The largest absolute Gasteiger partial charge is 0.292 e. The Morgan fingerprint density at radius 3 is 2.75 bits per heavy atom. The average molecular weight is 283 g/mol. The summed E-state index contributed by atoms with van der Waals surface area (Å²) in [7, 11) is 1.77. The lowest BCUT2D eigenvalue weighted by molar-refractivity contribution is 0.0984. The summed E-state index contributed by atoms with van der Waals surface area (Å²) in [6.45, 7) is 0. The van der Waals surface area contributed by atoms with Crippen molar-refractivity contribution >= 4 is 17.1 Å². The lowest BCUT2D eigenvalue weighted by atomic mass is 10.2. The van der Waals surface area contributed by atoms with Crippen molar-refractivity contribution in [1.29, 1.82) is 0 Å². The maximum Gasteiger partial charge on any atom is 0.187 e. The van der Waals surface area contributed by atoms with Crippen LogP contribution in [0.15, 0.2) is 48.0 Å². The molecule has 100 valence electrons. The minimum Gasteiger partial charge on any atom is -0.292 e. The first-order chi connectivity index (χ1) is 9.74. The highest BCUT2D eigenvalue weighted by Gasteiger charge is 2.13. The molecule has 1 aromatic carbocycles. The quantitative estimate of drug-likeness (QED) is 0.692. The van der Waals surface area contributed by atoms with E-state index in [4.69, 9.17) is 0 Å². The van der Waals surface area contributed by atoms with E-state index in [0.717, 1.165) is 16.3 Å². The van der Waals surface area contributed by atoms with Gasteiger partial charge in [-0.25, -0.2) is 4.98 Å². The Morgan fingerprint density at radius 1 is 1.25 bits per heavy atom. The normalized spacial score (nSPS) is 10.7. The van der Waals surface area contributed by atoms with Crippen molar-refractivity contribution in [2.45, 2.75) is 6.42 Å². The number of aryl methyl sites for hydroxylation is 1. The molecule has 0 aliphatic rings. The molecule has 0 fully saturated rings. The van der Waals surface area contributed by atoms with E-state index in [1.165, 1.54) is 11.3 Å². The summed E-state index contributed by atoms with van der Waals surface area (Å²) in [5.74, 6) is 0.0407. The van der Waals surface area contributed by atoms with Gasteiger partial charge in [-0.15, -0.1) is 11.3 Å². The highest BCUT2D eigenvalue weighted by atomic mass is 32.1. The zero-order valence-corrected chi connectivity index (χ0v) is 11.8. The third kappa shape index (κ3) is 2.53. The molecule has 0 bridgehead atoms. The monoisotopic (exact) mass is 283 g/mol. The molecule has 0 aliphatic carbocycles. The molecule has 0 saturated carbocycles. The van der Waals surface area contributed by atoms with Crippen LogP contribution in [0, 0.1) is 0 Å². The topological polar surface area (TPSA) is 47.8 Å². The van der Waals surface area contributed by atoms with Gasteiger partial charge in [-0.1, -0.05) is 30.3 Å². The van der Waals surface area contributed by atoms with Crippen LogP contribution in [0.4, 0.5) is 0 Å². The van der Waals surface area contributed by atoms with Gasteiger partial charge >= 0.3 is 0 Å². The van der Waals surface area contributed by atoms with Crippen LogP contribution in [-0.2, 0) is 13.5 Å².